The molecule has 4 heteroatoms. The lowest BCUT2D eigenvalue weighted by Crippen LogP contribution is -2.29. The second kappa shape index (κ2) is 4.25. The van der Waals surface area contributed by atoms with E-state index in [0.717, 1.165) is 17.0 Å². The summed E-state index contributed by atoms with van der Waals surface area (Å²) in [5, 5.41) is 0. The van der Waals surface area contributed by atoms with Gasteiger partial charge < -0.3 is 4.42 Å². The predicted molar refractivity (Wildman–Crippen MR) is 56.8 cm³/mol. The first kappa shape index (κ1) is 9.89. The lowest BCUT2D eigenvalue weighted by molar-refractivity contribution is 0.450. The Kier molecular flexibility index (Phi) is 2.80. The van der Waals surface area contributed by atoms with Gasteiger partial charge in [0, 0.05) is 11.9 Å². The van der Waals surface area contributed by atoms with Crippen molar-refractivity contribution in [3.05, 3.63) is 53.7 Å². The van der Waals surface area contributed by atoms with Gasteiger partial charge in [-0.1, -0.05) is 6.07 Å². The average Bonchev–Trinajstić information content (AvgIpc) is 2.75. The molecule has 1 atom stereocenters. The molecule has 0 amide bonds. The summed E-state index contributed by atoms with van der Waals surface area (Å²) in [4.78, 5) is 4.22. The van der Waals surface area contributed by atoms with Crippen LogP contribution in [0.1, 0.15) is 23.1 Å². The van der Waals surface area contributed by atoms with E-state index in [2.05, 4.69) is 10.4 Å². The maximum Gasteiger partial charge on any atom is 0.126 e. The highest BCUT2D eigenvalue weighted by atomic mass is 16.3. The predicted octanol–water partition coefficient (Wildman–Crippen LogP) is 1.54. The molecule has 2 heterocycles. The fourth-order valence-electron chi connectivity index (χ4n) is 1.58. The van der Waals surface area contributed by atoms with Gasteiger partial charge in [-0.2, -0.15) is 0 Å². The van der Waals surface area contributed by atoms with E-state index >= 15 is 0 Å². The first-order chi connectivity index (χ1) is 7.33. The summed E-state index contributed by atoms with van der Waals surface area (Å²) in [7, 11) is 0. The van der Waals surface area contributed by atoms with Gasteiger partial charge in [-0.05, 0) is 30.7 Å². The van der Waals surface area contributed by atoms with Crippen LogP contribution in [-0.2, 0) is 0 Å². The third-order valence-corrected chi connectivity index (χ3v) is 2.35. The van der Waals surface area contributed by atoms with E-state index in [9.17, 15) is 0 Å². The third-order valence-electron chi connectivity index (χ3n) is 2.35. The van der Waals surface area contributed by atoms with Crippen LogP contribution >= 0.6 is 0 Å². The van der Waals surface area contributed by atoms with Gasteiger partial charge in [-0.3, -0.25) is 10.8 Å². The van der Waals surface area contributed by atoms with Gasteiger partial charge >= 0.3 is 0 Å². The molecule has 3 N–H and O–H groups in total. The second-order valence-electron chi connectivity index (χ2n) is 3.29. The summed E-state index contributed by atoms with van der Waals surface area (Å²) < 4.78 is 5.33. The quantitative estimate of drug-likeness (QED) is 0.586. The van der Waals surface area contributed by atoms with Gasteiger partial charge in [0.05, 0.1) is 6.26 Å². The minimum Gasteiger partial charge on any atom is -0.467 e. The van der Waals surface area contributed by atoms with Crippen molar-refractivity contribution >= 4 is 0 Å². The molecule has 0 aromatic carbocycles. The molecule has 78 valence electrons. The SMILES string of the molecule is Cc1ncccc1C(NN)c1ccco1. The molecule has 1 unspecified atom stereocenters. The Balaban J connectivity index is 2.40. The largest absolute Gasteiger partial charge is 0.467 e. The minimum absolute atomic E-state index is 0.145. The summed E-state index contributed by atoms with van der Waals surface area (Å²) >= 11 is 0. The average molecular weight is 203 g/mol. The minimum atomic E-state index is -0.145. The summed E-state index contributed by atoms with van der Waals surface area (Å²) in [6.45, 7) is 1.95. The number of hydrogen-bond acceptors (Lipinski definition) is 4. The zero-order valence-electron chi connectivity index (χ0n) is 8.47. The van der Waals surface area contributed by atoms with Crippen LogP contribution in [0.15, 0.2) is 41.1 Å². The zero-order chi connectivity index (χ0) is 10.7. The van der Waals surface area contributed by atoms with E-state index in [1.54, 1.807) is 12.5 Å². The van der Waals surface area contributed by atoms with Crippen molar-refractivity contribution in [2.45, 2.75) is 13.0 Å². The van der Waals surface area contributed by atoms with Crippen LogP contribution in [0, 0.1) is 6.92 Å². The molecule has 0 bridgehead atoms. The standard InChI is InChI=1S/C11H13N3O/c1-8-9(4-2-6-13-8)11(14-12)10-5-3-7-15-10/h2-7,11,14H,12H2,1H3. The van der Waals surface area contributed by atoms with Crippen molar-refractivity contribution < 1.29 is 4.42 Å². The molecule has 0 aliphatic heterocycles. The highest BCUT2D eigenvalue weighted by molar-refractivity contribution is 5.28. The maximum absolute atomic E-state index is 5.53. The molecule has 2 aromatic heterocycles. The van der Waals surface area contributed by atoms with Crippen LogP contribution < -0.4 is 11.3 Å². The number of hydrogen-bond donors (Lipinski definition) is 2. The van der Waals surface area contributed by atoms with Gasteiger partial charge in [-0.25, -0.2) is 5.43 Å². The van der Waals surface area contributed by atoms with Crippen molar-refractivity contribution in [3.63, 3.8) is 0 Å². The summed E-state index contributed by atoms with van der Waals surface area (Å²) in [6, 6.07) is 7.45. The molecule has 0 aliphatic rings. The first-order valence-corrected chi connectivity index (χ1v) is 4.74. The Labute approximate surface area is 88.1 Å². The Morgan fingerprint density at radius 2 is 2.27 bits per heavy atom. The molecular formula is C11H13N3O. The molecule has 0 aliphatic carbocycles. The molecule has 0 saturated heterocycles. The van der Waals surface area contributed by atoms with Crippen molar-refractivity contribution in [1.82, 2.24) is 10.4 Å². The summed E-state index contributed by atoms with van der Waals surface area (Å²) in [5.74, 6) is 6.31. The Morgan fingerprint density at radius 3 is 2.87 bits per heavy atom. The van der Waals surface area contributed by atoms with Gasteiger partial charge in [-0.15, -0.1) is 0 Å². The Morgan fingerprint density at radius 1 is 1.40 bits per heavy atom. The Hall–Kier alpha value is -1.65. The molecule has 2 aromatic rings. The second-order valence-corrected chi connectivity index (χ2v) is 3.29. The van der Waals surface area contributed by atoms with E-state index in [0.29, 0.717) is 0 Å². The number of rotatable bonds is 3. The van der Waals surface area contributed by atoms with Gasteiger partial charge in [0.1, 0.15) is 11.8 Å². The molecule has 0 radical (unpaired) electrons. The highest BCUT2D eigenvalue weighted by Crippen LogP contribution is 2.22. The molecule has 2 rings (SSSR count). The topological polar surface area (TPSA) is 64.1 Å². The zero-order valence-corrected chi connectivity index (χ0v) is 8.47. The smallest absolute Gasteiger partial charge is 0.126 e. The summed E-state index contributed by atoms with van der Waals surface area (Å²) in [6.07, 6.45) is 3.39. The van der Waals surface area contributed by atoms with E-state index in [1.165, 1.54) is 0 Å². The van der Waals surface area contributed by atoms with Crippen LogP contribution in [0.2, 0.25) is 0 Å². The number of nitrogens with two attached hydrogens (primary N) is 1. The molecule has 15 heavy (non-hydrogen) atoms. The monoisotopic (exact) mass is 203 g/mol. The highest BCUT2D eigenvalue weighted by Gasteiger charge is 2.16. The number of aryl methyl sites for hydroxylation is 1. The normalized spacial score (nSPS) is 12.7. The van der Waals surface area contributed by atoms with Crippen LogP contribution in [0.4, 0.5) is 0 Å². The number of furan rings is 1. The molecular weight excluding hydrogens is 190 g/mol. The lowest BCUT2D eigenvalue weighted by atomic mass is 10.0. The number of pyridine rings is 1. The van der Waals surface area contributed by atoms with Crippen molar-refractivity contribution in [3.8, 4) is 0 Å². The van der Waals surface area contributed by atoms with Crippen LogP contribution in [0.5, 0.6) is 0 Å². The third kappa shape index (κ3) is 1.91. The molecule has 4 nitrogen and oxygen atoms in total. The molecule has 0 fully saturated rings. The van der Waals surface area contributed by atoms with Crippen LogP contribution in [-0.4, -0.2) is 4.98 Å². The Bertz CT molecular complexity index is 425. The van der Waals surface area contributed by atoms with E-state index in [1.807, 2.05) is 31.2 Å². The van der Waals surface area contributed by atoms with Gasteiger partial charge in [0.25, 0.3) is 0 Å². The lowest BCUT2D eigenvalue weighted by Gasteiger charge is -2.15. The van der Waals surface area contributed by atoms with Crippen molar-refractivity contribution in [2.24, 2.45) is 5.84 Å². The summed E-state index contributed by atoms with van der Waals surface area (Å²) in [5.41, 5.74) is 4.69. The van der Waals surface area contributed by atoms with Gasteiger partial charge in [0.15, 0.2) is 0 Å². The van der Waals surface area contributed by atoms with E-state index < -0.39 is 0 Å². The maximum atomic E-state index is 5.53. The number of nitrogens with one attached hydrogen (secondary N) is 1. The molecule has 0 saturated carbocycles. The van der Waals surface area contributed by atoms with E-state index in [4.69, 9.17) is 10.3 Å². The number of aromatic nitrogens is 1. The van der Waals surface area contributed by atoms with Crippen LogP contribution in [0.3, 0.4) is 0 Å². The molecule has 0 spiro atoms. The van der Waals surface area contributed by atoms with E-state index in [-0.39, 0.29) is 6.04 Å². The number of nitrogens with zero attached hydrogens (tertiary/aromatic N) is 1. The van der Waals surface area contributed by atoms with Crippen molar-refractivity contribution in [2.75, 3.05) is 0 Å². The number of hydrazine groups is 1. The fourth-order valence-corrected chi connectivity index (χ4v) is 1.58. The van der Waals surface area contributed by atoms with Crippen LogP contribution in [0.25, 0.3) is 0 Å². The van der Waals surface area contributed by atoms with Gasteiger partial charge in [0.2, 0.25) is 0 Å². The fraction of sp³-hybridized carbons (Fsp3) is 0.182. The van der Waals surface area contributed by atoms with Crippen molar-refractivity contribution in [1.29, 1.82) is 0 Å². The first-order valence-electron chi connectivity index (χ1n) is 4.74.